The summed E-state index contributed by atoms with van der Waals surface area (Å²) in [7, 11) is 0. The number of rotatable bonds is 2. The molecule has 0 aromatic carbocycles. The summed E-state index contributed by atoms with van der Waals surface area (Å²) < 4.78 is 0. The lowest BCUT2D eigenvalue weighted by Crippen LogP contribution is -2.10. The Bertz CT molecular complexity index is 282. The Morgan fingerprint density at radius 3 is 2.92 bits per heavy atom. The van der Waals surface area contributed by atoms with Crippen molar-refractivity contribution in [1.82, 2.24) is 0 Å². The van der Waals surface area contributed by atoms with Gasteiger partial charge in [0.1, 0.15) is 0 Å². The minimum atomic E-state index is -0.515. The lowest BCUT2D eigenvalue weighted by Gasteiger charge is -2.07. The number of nitro groups is 1. The van der Waals surface area contributed by atoms with Crippen molar-refractivity contribution in [1.29, 1.82) is 0 Å². The molecule has 4 nitrogen and oxygen atoms in total. The van der Waals surface area contributed by atoms with E-state index in [1.165, 1.54) is 12.2 Å². The number of nitrogens with zero attached hydrogens (tertiary/aromatic N) is 1. The van der Waals surface area contributed by atoms with E-state index in [2.05, 4.69) is 12.6 Å². The Morgan fingerprint density at radius 2 is 2.42 bits per heavy atom. The Balaban J connectivity index is 2.82. The molecule has 1 atom stereocenters. The number of carbonyl (C=O) groups is 1. The molecule has 0 aliphatic heterocycles. The van der Waals surface area contributed by atoms with E-state index in [-0.39, 0.29) is 10.8 Å². The van der Waals surface area contributed by atoms with Gasteiger partial charge in [-0.05, 0) is 6.42 Å². The molecule has 0 radical (unpaired) electrons. The Kier molecular flexibility index (Phi) is 2.65. The largest absolute Gasteiger partial charge is 0.287 e. The molecule has 12 heavy (non-hydrogen) atoms. The molecule has 0 bridgehead atoms. The third-order valence-electron chi connectivity index (χ3n) is 1.58. The van der Waals surface area contributed by atoms with Crippen LogP contribution in [0.3, 0.4) is 0 Å². The highest BCUT2D eigenvalue weighted by molar-refractivity contribution is 7.96. The second-order valence-electron chi connectivity index (χ2n) is 2.43. The molecule has 0 spiro atoms. The van der Waals surface area contributed by atoms with Crippen molar-refractivity contribution in [2.75, 3.05) is 0 Å². The maximum atomic E-state index is 10.7. The van der Waals surface area contributed by atoms with Crippen molar-refractivity contribution in [2.24, 2.45) is 5.92 Å². The summed E-state index contributed by atoms with van der Waals surface area (Å²) in [4.78, 5) is 20.5. The smallest absolute Gasteiger partial charge is 0.265 e. The van der Waals surface area contributed by atoms with Crippen LogP contribution in [-0.2, 0) is 4.79 Å². The SMILES string of the molecule is O=C(S)C1C=C([N+](=O)[O-])C=CC1. The zero-order valence-electron chi connectivity index (χ0n) is 6.14. The third kappa shape index (κ3) is 1.94. The second kappa shape index (κ2) is 3.53. The third-order valence-corrected chi connectivity index (χ3v) is 1.91. The fraction of sp³-hybridized carbons (Fsp3) is 0.286. The lowest BCUT2D eigenvalue weighted by molar-refractivity contribution is -0.419. The standard InChI is InChI=1S/C7H7NO3S/c9-7(12)5-2-1-3-6(4-5)8(10)11/h1,3-5H,2H2,(H,9,12). The summed E-state index contributed by atoms with van der Waals surface area (Å²) >= 11 is 3.61. The number of allylic oxidation sites excluding steroid dienone is 3. The Labute approximate surface area is 74.5 Å². The highest BCUT2D eigenvalue weighted by atomic mass is 32.1. The van der Waals surface area contributed by atoms with Crippen LogP contribution in [0.15, 0.2) is 23.9 Å². The van der Waals surface area contributed by atoms with Crippen LogP contribution in [0.1, 0.15) is 6.42 Å². The molecule has 5 heteroatoms. The Hall–Kier alpha value is -1.10. The highest BCUT2D eigenvalue weighted by Gasteiger charge is 2.19. The van der Waals surface area contributed by atoms with Gasteiger partial charge in [0.15, 0.2) is 5.12 Å². The molecule has 1 unspecified atom stereocenters. The van der Waals surface area contributed by atoms with Crippen LogP contribution in [0.25, 0.3) is 0 Å². The molecule has 0 aromatic rings. The molecule has 0 heterocycles. The van der Waals surface area contributed by atoms with E-state index in [4.69, 9.17) is 0 Å². The van der Waals surface area contributed by atoms with E-state index in [9.17, 15) is 14.9 Å². The maximum absolute atomic E-state index is 10.7. The number of hydrogen-bond donors (Lipinski definition) is 1. The maximum Gasteiger partial charge on any atom is 0.265 e. The summed E-state index contributed by atoms with van der Waals surface area (Å²) in [5, 5.41) is 9.94. The highest BCUT2D eigenvalue weighted by Crippen LogP contribution is 2.18. The van der Waals surface area contributed by atoms with Crippen LogP contribution < -0.4 is 0 Å². The van der Waals surface area contributed by atoms with Gasteiger partial charge in [-0.25, -0.2) is 0 Å². The van der Waals surface area contributed by atoms with Crippen molar-refractivity contribution >= 4 is 17.7 Å². The van der Waals surface area contributed by atoms with Crippen molar-refractivity contribution in [3.8, 4) is 0 Å². The van der Waals surface area contributed by atoms with Crippen molar-refractivity contribution < 1.29 is 9.72 Å². The quantitative estimate of drug-likeness (QED) is 0.399. The molecule has 0 aromatic heterocycles. The zero-order chi connectivity index (χ0) is 9.14. The van der Waals surface area contributed by atoms with E-state index in [0.717, 1.165) is 0 Å². The van der Waals surface area contributed by atoms with Gasteiger partial charge in [-0.15, -0.1) is 12.6 Å². The minimum absolute atomic E-state index is 0.0337. The van der Waals surface area contributed by atoms with Gasteiger partial charge in [0, 0.05) is 12.2 Å². The predicted octanol–water partition coefficient (Wildman–Crippen LogP) is 1.18. The molecule has 0 fully saturated rings. The molecular formula is C7H7NO3S. The van der Waals surface area contributed by atoms with E-state index in [1.54, 1.807) is 6.08 Å². The van der Waals surface area contributed by atoms with Crippen LogP contribution in [0.5, 0.6) is 0 Å². The van der Waals surface area contributed by atoms with E-state index >= 15 is 0 Å². The summed E-state index contributed by atoms with van der Waals surface area (Å²) in [5.74, 6) is -0.446. The average molecular weight is 185 g/mol. The van der Waals surface area contributed by atoms with Gasteiger partial charge in [-0.1, -0.05) is 6.08 Å². The topological polar surface area (TPSA) is 60.2 Å². The molecule has 0 amide bonds. The fourth-order valence-electron chi connectivity index (χ4n) is 0.959. The first-order valence-corrected chi connectivity index (χ1v) is 3.81. The van der Waals surface area contributed by atoms with E-state index < -0.39 is 10.8 Å². The molecule has 1 aliphatic carbocycles. The molecule has 0 N–H and O–H groups in total. The van der Waals surface area contributed by atoms with Crippen molar-refractivity contribution in [2.45, 2.75) is 6.42 Å². The van der Waals surface area contributed by atoms with Crippen LogP contribution in [-0.4, -0.2) is 10.0 Å². The van der Waals surface area contributed by atoms with Gasteiger partial charge in [0.25, 0.3) is 5.70 Å². The van der Waals surface area contributed by atoms with Gasteiger partial charge >= 0.3 is 0 Å². The molecule has 0 saturated heterocycles. The predicted molar refractivity (Wildman–Crippen MR) is 46.3 cm³/mol. The van der Waals surface area contributed by atoms with Crippen LogP contribution in [0, 0.1) is 16.0 Å². The molecule has 1 rings (SSSR count). The second-order valence-corrected chi connectivity index (χ2v) is 2.87. The van der Waals surface area contributed by atoms with Gasteiger partial charge in [0.05, 0.1) is 10.8 Å². The van der Waals surface area contributed by atoms with Crippen molar-refractivity contribution in [3.63, 3.8) is 0 Å². The van der Waals surface area contributed by atoms with E-state index in [1.807, 2.05) is 0 Å². The first-order valence-electron chi connectivity index (χ1n) is 3.37. The Morgan fingerprint density at radius 1 is 1.75 bits per heavy atom. The van der Waals surface area contributed by atoms with Crippen molar-refractivity contribution in [3.05, 3.63) is 34.0 Å². The van der Waals surface area contributed by atoms with Gasteiger partial charge in [-0.3, -0.25) is 14.9 Å². The molecule has 64 valence electrons. The minimum Gasteiger partial charge on any atom is -0.287 e. The summed E-state index contributed by atoms with van der Waals surface area (Å²) in [6.07, 6.45) is 4.83. The zero-order valence-corrected chi connectivity index (χ0v) is 7.03. The van der Waals surface area contributed by atoms with Gasteiger partial charge < -0.3 is 0 Å². The normalized spacial score (nSPS) is 21.8. The summed E-state index contributed by atoms with van der Waals surface area (Å²) in [6, 6.07) is 0. The average Bonchev–Trinajstić information content (AvgIpc) is 2.04. The lowest BCUT2D eigenvalue weighted by atomic mass is 10.0. The monoisotopic (exact) mass is 185 g/mol. The molecule has 0 saturated carbocycles. The van der Waals surface area contributed by atoms with Crippen LogP contribution in [0.2, 0.25) is 0 Å². The fourth-order valence-corrected chi connectivity index (χ4v) is 1.14. The van der Waals surface area contributed by atoms with Gasteiger partial charge in [0.2, 0.25) is 0 Å². The first-order chi connectivity index (χ1) is 5.61. The molecule has 1 aliphatic rings. The number of carbonyl (C=O) groups excluding carboxylic acids is 1. The first kappa shape index (κ1) is 8.99. The van der Waals surface area contributed by atoms with Crippen LogP contribution in [0.4, 0.5) is 0 Å². The summed E-state index contributed by atoms with van der Waals surface area (Å²) in [6.45, 7) is 0. The van der Waals surface area contributed by atoms with E-state index in [0.29, 0.717) is 6.42 Å². The molecular weight excluding hydrogens is 178 g/mol. The number of thiol groups is 1. The van der Waals surface area contributed by atoms with Crippen LogP contribution >= 0.6 is 12.6 Å². The summed E-state index contributed by atoms with van der Waals surface area (Å²) in [5.41, 5.74) is -0.0337. The van der Waals surface area contributed by atoms with Gasteiger partial charge in [-0.2, -0.15) is 0 Å². The number of hydrogen-bond acceptors (Lipinski definition) is 3.